The maximum absolute atomic E-state index is 9.64. The molecule has 0 aliphatic rings. The first-order valence-corrected chi connectivity index (χ1v) is 5.39. The molecule has 0 fully saturated rings. The number of rotatable bonds is 1. The summed E-state index contributed by atoms with van der Waals surface area (Å²) in [5.74, 6) is 0.648. The highest BCUT2D eigenvalue weighted by Crippen LogP contribution is 2.29. The lowest BCUT2D eigenvalue weighted by Gasteiger charge is -1.95. The number of oxazole rings is 1. The maximum atomic E-state index is 9.64. The van der Waals surface area contributed by atoms with Gasteiger partial charge in [-0.3, -0.25) is 0 Å². The summed E-state index contributed by atoms with van der Waals surface area (Å²) in [6, 6.07) is 13.1. The van der Waals surface area contributed by atoms with Gasteiger partial charge in [0.1, 0.15) is 5.52 Å². The van der Waals surface area contributed by atoms with Crippen LogP contribution in [0.4, 0.5) is 0 Å². The van der Waals surface area contributed by atoms with Crippen LogP contribution in [0.3, 0.4) is 0 Å². The third kappa shape index (κ3) is 1.65. The molecule has 1 N–H and O–H groups in total. The quantitative estimate of drug-likeness (QED) is 0.689. The lowest BCUT2D eigenvalue weighted by molar-refractivity contribution is 0.466. The van der Waals surface area contributed by atoms with Crippen LogP contribution in [0.1, 0.15) is 5.56 Å². The zero-order chi connectivity index (χ0) is 11.8. The minimum absolute atomic E-state index is 0.119. The molecular weight excluding hydrogens is 214 g/mol. The van der Waals surface area contributed by atoms with Crippen molar-refractivity contribution >= 4 is 11.1 Å². The minimum atomic E-state index is 0.119. The second-order valence-electron chi connectivity index (χ2n) is 4.01. The van der Waals surface area contributed by atoms with Crippen molar-refractivity contribution in [2.75, 3.05) is 0 Å². The lowest BCUT2D eigenvalue weighted by Crippen LogP contribution is -1.77. The van der Waals surface area contributed by atoms with E-state index in [2.05, 4.69) is 4.98 Å². The standard InChI is InChI=1S/C14H11NO2/c1-9-5-7-10(8-6-9)14-15-11-3-2-4-12(16)13(11)17-14/h2-8,16H,1H3. The van der Waals surface area contributed by atoms with E-state index in [4.69, 9.17) is 4.42 Å². The Morgan fingerprint density at radius 3 is 2.53 bits per heavy atom. The van der Waals surface area contributed by atoms with Crippen LogP contribution >= 0.6 is 0 Å². The van der Waals surface area contributed by atoms with Crippen molar-refractivity contribution < 1.29 is 9.52 Å². The van der Waals surface area contributed by atoms with Crippen LogP contribution in [0.5, 0.6) is 5.75 Å². The van der Waals surface area contributed by atoms with E-state index >= 15 is 0 Å². The van der Waals surface area contributed by atoms with Crippen LogP contribution in [0.2, 0.25) is 0 Å². The van der Waals surface area contributed by atoms with Gasteiger partial charge in [-0.1, -0.05) is 23.8 Å². The Morgan fingerprint density at radius 1 is 1.06 bits per heavy atom. The number of hydrogen-bond acceptors (Lipinski definition) is 3. The minimum Gasteiger partial charge on any atom is -0.504 e. The van der Waals surface area contributed by atoms with Crippen LogP contribution in [0.15, 0.2) is 46.9 Å². The van der Waals surface area contributed by atoms with Crippen LogP contribution < -0.4 is 0 Å². The van der Waals surface area contributed by atoms with Gasteiger partial charge in [-0.05, 0) is 31.2 Å². The Labute approximate surface area is 98.3 Å². The predicted octanol–water partition coefficient (Wildman–Crippen LogP) is 3.51. The molecule has 0 atom stereocenters. The van der Waals surface area contributed by atoms with Crippen molar-refractivity contribution in [1.29, 1.82) is 0 Å². The highest BCUT2D eigenvalue weighted by atomic mass is 16.4. The van der Waals surface area contributed by atoms with Crippen LogP contribution in [0, 0.1) is 6.92 Å². The molecule has 0 bridgehead atoms. The Morgan fingerprint density at radius 2 is 1.82 bits per heavy atom. The number of benzene rings is 2. The van der Waals surface area contributed by atoms with Gasteiger partial charge in [0.25, 0.3) is 0 Å². The van der Waals surface area contributed by atoms with Crippen LogP contribution in [0.25, 0.3) is 22.6 Å². The Balaban J connectivity index is 2.18. The van der Waals surface area contributed by atoms with Gasteiger partial charge in [-0.15, -0.1) is 0 Å². The van der Waals surface area contributed by atoms with Gasteiger partial charge >= 0.3 is 0 Å². The van der Waals surface area contributed by atoms with E-state index in [0.29, 0.717) is 17.0 Å². The molecule has 0 amide bonds. The molecule has 3 nitrogen and oxygen atoms in total. The fourth-order valence-corrected chi connectivity index (χ4v) is 1.75. The third-order valence-electron chi connectivity index (χ3n) is 2.69. The number of para-hydroxylation sites is 1. The van der Waals surface area contributed by atoms with Crippen molar-refractivity contribution in [2.45, 2.75) is 6.92 Å². The summed E-state index contributed by atoms with van der Waals surface area (Å²) >= 11 is 0. The first-order valence-electron chi connectivity index (χ1n) is 5.39. The fourth-order valence-electron chi connectivity index (χ4n) is 1.75. The summed E-state index contributed by atoms with van der Waals surface area (Å²) in [6.07, 6.45) is 0. The van der Waals surface area contributed by atoms with Gasteiger partial charge in [-0.25, -0.2) is 4.98 Å². The molecule has 1 aromatic heterocycles. The molecule has 0 saturated heterocycles. The average molecular weight is 225 g/mol. The van der Waals surface area contributed by atoms with Crippen LogP contribution in [-0.4, -0.2) is 10.1 Å². The number of aryl methyl sites for hydroxylation is 1. The van der Waals surface area contributed by atoms with E-state index in [1.807, 2.05) is 37.3 Å². The summed E-state index contributed by atoms with van der Waals surface area (Å²) in [4.78, 5) is 4.35. The third-order valence-corrected chi connectivity index (χ3v) is 2.69. The molecule has 17 heavy (non-hydrogen) atoms. The zero-order valence-corrected chi connectivity index (χ0v) is 9.34. The number of phenols is 1. The summed E-state index contributed by atoms with van der Waals surface area (Å²) < 4.78 is 5.56. The summed E-state index contributed by atoms with van der Waals surface area (Å²) in [5, 5.41) is 9.64. The largest absolute Gasteiger partial charge is 0.504 e. The first-order chi connectivity index (χ1) is 8.24. The highest BCUT2D eigenvalue weighted by Gasteiger charge is 2.10. The number of nitrogens with zero attached hydrogens (tertiary/aromatic N) is 1. The van der Waals surface area contributed by atoms with E-state index in [0.717, 1.165) is 5.56 Å². The van der Waals surface area contributed by atoms with Gasteiger partial charge in [0, 0.05) is 5.56 Å². The molecule has 0 saturated carbocycles. The summed E-state index contributed by atoms with van der Waals surface area (Å²) in [5.41, 5.74) is 3.20. The number of fused-ring (bicyclic) bond motifs is 1. The van der Waals surface area contributed by atoms with Gasteiger partial charge in [0.2, 0.25) is 5.89 Å². The first kappa shape index (κ1) is 9.90. The van der Waals surface area contributed by atoms with Crippen molar-refractivity contribution in [3.8, 4) is 17.2 Å². The molecule has 3 heteroatoms. The van der Waals surface area contributed by atoms with Crippen LogP contribution in [-0.2, 0) is 0 Å². The molecule has 0 aliphatic heterocycles. The SMILES string of the molecule is Cc1ccc(-c2nc3cccc(O)c3o2)cc1. The molecular formula is C14H11NO2. The molecule has 3 rings (SSSR count). The number of aromatic hydroxyl groups is 1. The maximum Gasteiger partial charge on any atom is 0.227 e. The van der Waals surface area contributed by atoms with E-state index in [1.54, 1.807) is 12.1 Å². The summed E-state index contributed by atoms with van der Waals surface area (Å²) in [6.45, 7) is 2.03. The van der Waals surface area contributed by atoms with E-state index < -0.39 is 0 Å². The number of aromatic nitrogens is 1. The normalized spacial score (nSPS) is 10.9. The molecule has 0 aliphatic carbocycles. The molecule has 2 aromatic carbocycles. The van der Waals surface area contributed by atoms with E-state index in [-0.39, 0.29) is 5.75 Å². The number of hydrogen-bond donors (Lipinski definition) is 1. The van der Waals surface area contributed by atoms with E-state index in [9.17, 15) is 5.11 Å². The molecule has 0 radical (unpaired) electrons. The second kappa shape index (κ2) is 3.63. The Hall–Kier alpha value is -2.29. The monoisotopic (exact) mass is 225 g/mol. The van der Waals surface area contributed by atoms with Crippen molar-refractivity contribution in [2.24, 2.45) is 0 Å². The predicted molar refractivity (Wildman–Crippen MR) is 65.8 cm³/mol. The van der Waals surface area contributed by atoms with Gasteiger partial charge in [0.05, 0.1) is 0 Å². The smallest absolute Gasteiger partial charge is 0.227 e. The van der Waals surface area contributed by atoms with Gasteiger partial charge < -0.3 is 9.52 Å². The fraction of sp³-hybridized carbons (Fsp3) is 0.0714. The van der Waals surface area contributed by atoms with Crippen molar-refractivity contribution in [1.82, 2.24) is 4.98 Å². The van der Waals surface area contributed by atoms with Crippen molar-refractivity contribution in [3.63, 3.8) is 0 Å². The Bertz CT molecular complexity index is 668. The molecule has 1 heterocycles. The van der Waals surface area contributed by atoms with E-state index in [1.165, 1.54) is 5.56 Å². The highest BCUT2D eigenvalue weighted by molar-refractivity contribution is 5.81. The summed E-state index contributed by atoms with van der Waals surface area (Å²) in [7, 11) is 0. The average Bonchev–Trinajstić information content (AvgIpc) is 2.75. The Kier molecular flexibility index (Phi) is 2.11. The van der Waals surface area contributed by atoms with Crippen molar-refractivity contribution in [3.05, 3.63) is 48.0 Å². The lowest BCUT2D eigenvalue weighted by atomic mass is 10.1. The topological polar surface area (TPSA) is 46.3 Å². The zero-order valence-electron chi connectivity index (χ0n) is 9.34. The molecule has 3 aromatic rings. The second-order valence-corrected chi connectivity index (χ2v) is 4.01. The number of phenolic OH excluding ortho intramolecular Hbond substituents is 1. The molecule has 0 unspecified atom stereocenters. The molecule has 0 spiro atoms. The van der Waals surface area contributed by atoms with Gasteiger partial charge in [-0.2, -0.15) is 0 Å². The molecule has 84 valence electrons. The van der Waals surface area contributed by atoms with Gasteiger partial charge in [0.15, 0.2) is 11.3 Å².